The summed E-state index contributed by atoms with van der Waals surface area (Å²) in [6.45, 7) is 15.3. The van der Waals surface area contributed by atoms with Crippen LogP contribution >= 0.6 is 0 Å². The fourth-order valence-electron chi connectivity index (χ4n) is 2.16. The van der Waals surface area contributed by atoms with Crippen LogP contribution in [0.1, 0.15) is 56.9 Å². The second-order valence-electron chi connectivity index (χ2n) is 7.00. The van der Waals surface area contributed by atoms with Gasteiger partial charge < -0.3 is 5.73 Å². The predicted molar refractivity (Wildman–Crippen MR) is 76.6 cm³/mol. The van der Waals surface area contributed by atoms with E-state index in [4.69, 9.17) is 5.73 Å². The van der Waals surface area contributed by atoms with Crippen LogP contribution in [0.2, 0.25) is 0 Å². The minimum atomic E-state index is -0.140. The SMILES string of the molecule is Cc1cc(C(C)(C)C)cc(C)c1CC(C)(C)N. The second kappa shape index (κ2) is 4.45. The highest BCUT2D eigenvalue weighted by atomic mass is 14.7. The number of nitrogens with two attached hydrogens (primary N) is 1. The van der Waals surface area contributed by atoms with Gasteiger partial charge in [0.2, 0.25) is 0 Å². The molecule has 0 heterocycles. The van der Waals surface area contributed by atoms with Crippen LogP contribution in [0.25, 0.3) is 0 Å². The van der Waals surface area contributed by atoms with E-state index in [-0.39, 0.29) is 11.0 Å². The molecule has 1 heteroatoms. The van der Waals surface area contributed by atoms with Crippen molar-refractivity contribution in [1.82, 2.24) is 0 Å². The number of benzene rings is 1. The Morgan fingerprint density at radius 1 is 0.941 bits per heavy atom. The predicted octanol–water partition coefficient (Wildman–Crippen LogP) is 3.88. The fraction of sp³-hybridized carbons (Fsp3) is 0.625. The molecule has 1 rings (SSSR count). The van der Waals surface area contributed by atoms with Gasteiger partial charge in [-0.2, -0.15) is 0 Å². The summed E-state index contributed by atoms with van der Waals surface area (Å²) in [5, 5.41) is 0. The average Bonchev–Trinajstić information content (AvgIpc) is 2.07. The molecule has 0 radical (unpaired) electrons. The van der Waals surface area contributed by atoms with Crippen molar-refractivity contribution >= 4 is 0 Å². The third kappa shape index (κ3) is 3.85. The lowest BCUT2D eigenvalue weighted by Gasteiger charge is -2.25. The molecule has 0 aliphatic heterocycles. The Labute approximate surface area is 106 Å². The smallest absolute Gasteiger partial charge is 0.0138 e. The molecule has 0 fully saturated rings. The normalized spacial score (nSPS) is 12.9. The van der Waals surface area contributed by atoms with Gasteiger partial charge in [-0.3, -0.25) is 0 Å². The summed E-state index contributed by atoms with van der Waals surface area (Å²) in [4.78, 5) is 0. The monoisotopic (exact) mass is 233 g/mol. The Hall–Kier alpha value is -0.820. The molecule has 1 aromatic rings. The van der Waals surface area contributed by atoms with Gasteiger partial charge in [-0.05, 0) is 61.8 Å². The van der Waals surface area contributed by atoms with Gasteiger partial charge in [-0.25, -0.2) is 0 Å². The van der Waals surface area contributed by atoms with Crippen LogP contribution in [-0.2, 0) is 11.8 Å². The maximum atomic E-state index is 6.13. The summed E-state index contributed by atoms with van der Waals surface area (Å²) in [5.41, 5.74) is 11.8. The summed E-state index contributed by atoms with van der Waals surface area (Å²) in [7, 11) is 0. The number of hydrogen-bond donors (Lipinski definition) is 1. The van der Waals surface area contributed by atoms with Gasteiger partial charge in [0.05, 0.1) is 0 Å². The first-order chi connectivity index (χ1) is 7.50. The summed E-state index contributed by atoms with van der Waals surface area (Å²) in [5.74, 6) is 0. The minimum Gasteiger partial charge on any atom is -0.325 e. The maximum absolute atomic E-state index is 6.13. The third-order valence-electron chi connectivity index (χ3n) is 3.19. The lowest BCUT2D eigenvalue weighted by Crippen LogP contribution is -2.35. The minimum absolute atomic E-state index is 0.140. The lowest BCUT2D eigenvalue weighted by molar-refractivity contribution is 0.513. The van der Waals surface area contributed by atoms with Gasteiger partial charge >= 0.3 is 0 Å². The molecule has 0 aliphatic carbocycles. The van der Waals surface area contributed by atoms with Crippen molar-refractivity contribution in [3.05, 3.63) is 34.4 Å². The summed E-state index contributed by atoms with van der Waals surface area (Å²) in [6.07, 6.45) is 0.940. The molecule has 96 valence electrons. The Balaban J connectivity index is 3.20. The number of hydrogen-bond acceptors (Lipinski definition) is 1. The van der Waals surface area contributed by atoms with Crippen LogP contribution in [0, 0.1) is 13.8 Å². The summed E-state index contributed by atoms with van der Waals surface area (Å²) < 4.78 is 0. The Kier molecular flexibility index (Phi) is 3.73. The second-order valence-corrected chi connectivity index (χ2v) is 7.00. The van der Waals surface area contributed by atoms with Gasteiger partial charge in [0, 0.05) is 5.54 Å². The standard InChI is InChI=1S/C16H27N/c1-11-8-13(15(3,4)5)9-12(2)14(11)10-16(6,7)17/h8-9H,10,17H2,1-7H3. The van der Waals surface area contributed by atoms with Crippen LogP contribution < -0.4 is 5.73 Å². The van der Waals surface area contributed by atoms with E-state index in [0.29, 0.717) is 0 Å². The first kappa shape index (κ1) is 14.2. The Morgan fingerprint density at radius 3 is 1.65 bits per heavy atom. The van der Waals surface area contributed by atoms with Crippen molar-refractivity contribution in [3.63, 3.8) is 0 Å². The molecule has 0 unspecified atom stereocenters. The third-order valence-corrected chi connectivity index (χ3v) is 3.19. The van der Waals surface area contributed by atoms with Crippen molar-refractivity contribution in [2.24, 2.45) is 5.73 Å². The van der Waals surface area contributed by atoms with E-state index < -0.39 is 0 Å². The van der Waals surface area contributed by atoms with Crippen molar-refractivity contribution in [3.8, 4) is 0 Å². The van der Waals surface area contributed by atoms with E-state index in [9.17, 15) is 0 Å². The fourth-order valence-corrected chi connectivity index (χ4v) is 2.16. The zero-order chi connectivity index (χ0) is 13.4. The number of aryl methyl sites for hydroxylation is 2. The summed E-state index contributed by atoms with van der Waals surface area (Å²) in [6, 6.07) is 4.63. The highest BCUT2D eigenvalue weighted by molar-refractivity contribution is 5.41. The molecular formula is C16H27N. The Morgan fingerprint density at radius 2 is 1.35 bits per heavy atom. The van der Waals surface area contributed by atoms with Crippen LogP contribution in [0.15, 0.2) is 12.1 Å². The first-order valence-corrected chi connectivity index (χ1v) is 6.40. The van der Waals surface area contributed by atoms with Crippen LogP contribution in [-0.4, -0.2) is 5.54 Å². The Bertz CT molecular complexity index is 380. The van der Waals surface area contributed by atoms with E-state index in [1.807, 2.05) is 0 Å². The molecule has 0 atom stereocenters. The molecule has 0 aromatic heterocycles. The summed E-state index contributed by atoms with van der Waals surface area (Å²) >= 11 is 0. The van der Waals surface area contributed by atoms with Crippen molar-refractivity contribution in [2.75, 3.05) is 0 Å². The van der Waals surface area contributed by atoms with Crippen LogP contribution in [0.4, 0.5) is 0 Å². The molecular weight excluding hydrogens is 206 g/mol. The van der Waals surface area contributed by atoms with Crippen molar-refractivity contribution < 1.29 is 0 Å². The van der Waals surface area contributed by atoms with Gasteiger partial charge in [0.25, 0.3) is 0 Å². The molecule has 0 amide bonds. The maximum Gasteiger partial charge on any atom is 0.0138 e. The molecule has 0 bridgehead atoms. The van der Waals surface area contributed by atoms with Crippen molar-refractivity contribution in [2.45, 2.75) is 65.8 Å². The average molecular weight is 233 g/mol. The van der Waals surface area contributed by atoms with E-state index in [1.165, 1.54) is 22.3 Å². The largest absolute Gasteiger partial charge is 0.325 e. The van der Waals surface area contributed by atoms with E-state index in [2.05, 4.69) is 60.6 Å². The molecule has 2 N–H and O–H groups in total. The zero-order valence-electron chi connectivity index (χ0n) is 12.4. The molecule has 17 heavy (non-hydrogen) atoms. The molecule has 0 aliphatic rings. The van der Waals surface area contributed by atoms with Gasteiger partial charge in [0.1, 0.15) is 0 Å². The molecule has 1 nitrogen and oxygen atoms in total. The highest BCUT2D eigenvalue weighted by Crippen LogP contribution is 2.28. The lowest BCUT2D eigenvalue weighted by atomic mass is 9.82. The van der Waals surface area contributed by atoms with Gasteiger partial charge in [0.15, 0.2) is 0 Å². The molecule has 0 spiro atoms. The van der Waals surface area contributed by atoms with Crippen molar-refractivity contribution in [1.29, 1.82) is 0 Å². The molecule has 0 saturated heterocycles. The topological polar surface area (TPSA) is 26.0 Å². The van der Waals surface area contributed by atoms with Gasteiger partial charge in [-0.1, -0.05) is 32.9 Å². The number of rotatable bonds is 2. The first-order valence-electron chi connectivity index (χ1n) is 6.40. The molecule has 0 saturated carbocycles. The van der Waals surface area contributed by atoms with E-state index in [0.717, 1.165) is 6.42 Å². The highest BCUT2D eigenvalue weighted by Gasteiger charge is 2.19. The zero-order valence-corrected chi connectivity index (χ0v) is 12.4. The van der Waals surface area contributed by atoms with Crippen LogP contribution in [0.5, 0.6) is 0 Å². The van der Waals surface area contributed by atoms with Gasteiger partial charge in [-0.15, -0.1) is 0 Å². The van der Waals surface area contributed by atoms with E-state index in [1.54, 1.807) is 0 Å². The van der Waals surface area contributed by atoms with Crippen LogP contribution in [0.3, 0.4) is 0 Å². The molecule has 1 aromatic carbocycles. The quantitative estimate of drug-likeness (QED) is 0.824. The van der Waals surface area contributed by atoms with E-state index >= 15 is 0 Å².